The Morgan fingerprint density at radius 2 is 1.85 bits per heavy atom. The number of nitrogens with one attached hydrogen (secondary N) is 1. The third-order valence-corrected chi connectivity index (χ3v) is 5.29. The van der Waals surface area contributed by atoms with Crippen LogP contribution in [0.25, 0.3) is 6.08 Å². The molecule has 2 aromatic rings. The van der Waals surface area contributed by atoms with E-state index in [2.05, 4.69) is 39.4 Å². The molecule has 1 amide bonds. The second kappa shape index (κ2) is 7.84. The van der Waals surface area contributed by atoms with Crippen molar-refractivity contribution in [1.29, 1.82) is 0 Å². The number of para-hydroxylation sites is 2. The summed E-state index contributed by atoms with van der Waals surface area (Å²) < 4.78 is 0. The van der Waals surface area contributed by atoms with E-state index >= 15 is 0 Å². The van der Waals surface area contributed by atoms with E-state index in [1.54, 1.807) is 6.07 Å². The maximum absolute atomic E-state index is 11.4. The van der Waals surface area contributed by atoms with Gasteiger partial charge in [0.2, 0.25) is 5.91 Å². The highest BCUT2D eigenvalue weighted by molar-refractivity contribution is 5.94. The summed E-state index contributed by atoms with van der Waals surface area (Å²) >= 11 is 0. The lowest BCUT2D eigenvalue weighted by Crippen LogP contribution is -2.46. The number of nitrogens with zero attached hydrogens (tertiary/aromatic N) is 2. The van der Waals surface area contributed by atoms with Crippen LogP contribution in [0.15, 0.2) is 48.5 Å². The third kappa shape index (κ3) is 4.14. The fourth-order valence-electron chi connectivity index (χ4n) is 3.75. The van der Waals surface area contributed by atoms with Crippen LogP contribution >= 0.6 is 0 Å². The summed E-state index contributed by atoms with van der Waals surface area (Å²) in [5.41, 5.74) is 4.27. The summed E-state index contributed by atoms with van der Waals surface area (Å²) in [5, 5.41) is 12.9. The van der Waals surface area contributed by atoms with Gasteiger partial charge >= 0.3 is 0 Å². The monoisotopic (exact) mass is 363 g/mol. The Morgan fingerprint density at radius 1 is 1.04 bits per heavy atom. The molecule has 0 bridgehead atoms. The van der Waals surface area contributed by atoms with Crippen molar-refractivity contribution in [3.05, 3.63) is 59.7 Å². The molecule has 0 unspecified atom stereocenters. The minimum absolute atomic E-state index is 0.105. The molecule has 0 atom stereocenters. The normalized spacial score (nSPS) is 17.8. The van der Waals surface area contributed by atoms with Crippen LogP contribution < -0.4 is 10.2 Å². The first kappa shape index (κ1) is 17.6. The minimum atomic E-state index is 0.105. The second-order valence-electron chi connectivity index (χ2n) is 7.14. The molecule has 2 aliphatic rings. The number of rotatable bonds is 4. The molecule has 0 aromatic heterocycles. The molecule has 27 heavy (non-hydrogen) atoms. The van der Waals surface area contributed by atoms with Gasteiger partial charge in [-0.1, -0.05) is 30.4 Å². The number of carbonyl (C=O) groups is 1. The molecule has 5 nitrogen and oxygen atoms in total. The van der Waals surface area contributed by atoms with Crippen LogP contribution in [0.5, 0.6) is 5.75 Å². The van der Waals surface area contributed by atoms with E-state index in [1.165, 1.54) is 11.1 Å². The molecular weight excluding hydrogens is 338 g/mol. The quantitative estimate of drug-likeness (QED) is 0.876. The fraction of sp³-hybridized carbons (Fsp3) is 0.318. The zero-order chi connectivity index (χ0) is 18.6. The van der Waals surface area contributed by atoms with Crippen molar-refractivity contribution in [3.63, 3.8) is 0 Å². The Morgan fingerprint density at radius 3 is 2.67 bits per heavy atom. The van der Waals surface area contributed by atoms with Gasteiger partial charge in [-0.3, -0.25) is 9.69 Å². The van der Waals surface area contributed by atoms with Crippen LogP contribution in [0.1, 0.15) is 17.5 Å². The van der Waals surface area contributed by atoms with Gasteiger partial charge in [0, 0.05) is 44.8 Å². The molecule has 140 valence electrons. The second-order valence-corrected chi connectivity index (χ2v) is 7.14. The molecule has 2 N–H and O–H groups in total. The van der Waals surface area contributed by atoms with Crippen molar-refractivity contribution in [3.8, 4) is 5.75 Å². The number of anilines is 2. The van der Waals surface area contributed by atoms with Crippen molar-refractivity contribution < 1.29 is 9.90 Å². The third-order valence-electron chi connectivity index (χ3n) is 5.29. The summed E-state index contributed by atoms with van der Waals surface area (Å²) in [6.07, 6.45) is 5.75. The number of benzene rings is 2. The van der Waals surface area contributed by atoms with Crippen LogP contribution in [0.4, 0.5) is 11.4 Å². The van der Waals surface area contributed by atoms with Crippen molar-refractivity contribution in [1.82, 2.24) is 4.90 Å². The first-order valence-electron chi connectivity index (χ1n) is 9.54. The van der Waals surface area contributed by atoms with E-state index in [4.69, 9.17) is 0 Å². The molecule has 0 spiro atoms. The lowest BCUT2D eigenvalue weighted by Gasteiger charge is -2.35. The molecular formula is C22H25N3O2. The van der Waals surface area contributed by atoms with Crippen molar-refractivity contribution in [2.24, 2.45) is 0 Å². The molecule has 0 aliphatic carbocycles. The molecule has 1 fully saturated rings. The summed E-state index contributed by atoms with van der Waals surface area (Å²) in [7, 11) is 0. The van der Waals surface area contributed by atoms with Gasteiger partial charge in [0.15, 0.2) is 0 Å². The first-order valence-corrected chi connectivity index (χ1v) is 9.54. The summed E-state index contributed by atoms with van der Waals surface area (Å²) in [6.45, 7) is 4.72. The number of piperazine rings is 1. The van der Waals surface area contributed by atoms with Gasteiger partial charge in [0.05, 0.1) is 5.69 Å². The van der Waals surface area contributed by atoms with E-state index < -0.39 is 0 Å². The molecule has 1 saturated heterocycles. The number of hydrogen-bond acceptors (Lipinski definition) is 4. The average Bonchev–Trinajstić information content (AvgIpc) is 2.69. The molecule has 2 heterocycles. The zero-order valence-corrected chi connectivity index (χ0v) is 15.4. The first-order chi connectivity index (χ1) is 13.2. The SMILES string of the molecule is O=C1CCc2cc(C=CCN3CCN(c4ccccc4O)CC3)ccc2N1. The van der Waals surface area contributed by atoms with Gasteiger partial charge in [-0.2, -0.15) is 0 Å². The fourth-order valence-corrected chi connectivity index (χ4v) is 3.75. The standard InChI is InChI=1S/C22H25N3O2/c26-21-6-2-1-5-20(21)25-14-12-24(13-15-25)11-3-4-17-7-9-19-18(16-17)8-10-22(27)23-19/h1-7,9,16,26H,8,10-15H2,(H,23,27). The Bertz CT molecular complexity index is 854. The van der Waals surface area contributed by atoms with E-state index in [9.17, 15) is 9.90 Å². The number of carbonyl (C=O) groups excluding carboxylic acids is 1. The van der Waals surface area contributed by atoms with E-state index in [1.807, 2.05) is 24.3 Å². The van der Waals surface area contributed by atoms with Crippen molar-refractivity contribution in [2.75, 3.05) is 42.9 Å². The van der Waals surface area contributed by atoms with Crippen LogP contribution in [0.2, 0.25) is 0 Å². The summed E-state index contributed by atoms with van der Waals surface area (Å²) in [6, 6.07) is 13.8. The van der Waals surface area contributed by atoms with Gasteiger partial charge in [-0.15, -0.1) is 0 Å². The Kier molecular flexibility index (Phi) is 5.12. The topological polar surface area (TPSA) is 55.8 Å². The lowest BCUT2D eigenvalue weighted by atomic mass is 10.0. The van der Waals surface area contributed by atoms with Gasteiger partial charge in [-0.25, -0.2) is 0 Å². The van der Waals surface area contributed by atoms with E-state index in [0.717, 1.165) is 50.5 Å². The molecule has 0 radical (unpaired) electrons. The molecule has 4 rings (SSSR count). The van der Waals surface area contributed by atoms with Gasteiger partial charge in [0.1, 0.15) is 5.75 Å². The number of hydrogen-bond donors (Lipinski definition) is 2. The summed E-state index contributed by atoms with van der Waals surface area (Å²) in [5.74, 6) is 0.461. The lowest BCUT2D eigenvalue weighted by molar-refractivity contribution is -0.116. The minimum Gasteiger partial charge on any atom is -0.506 e. The highest BCUT2D eigenvalue weighted by atomic mass is 16.3. The number of aromatic hydroxyl groups is 1. The Hall–Kier alpha value is -2.79. The van der Waals surface area contributed by atoms with Crippen molar-refractivity contribution in [2.45, 2.75) is 12.8 Å². The van der Waals surface area contributed by atoms with Crippen LogP contribution in [-0.2, 0) is 11.2 Å². The highest BCUT2D eigenvalue weighted by Crippen LogP contribution is 2.27. The van der Waals surface area contributed by atoms with Gasteiger partial charge in [-0.05, 0) is 41.8 Å². The number of amides is 1. The highest BCUT2D eigenvalue weighted by Gasteiger charge is 2.18. The maximum Gasteiger partial charge on any atom is 0.224 e. The van der Waals surface area contributed by atoms with Gasteiger partial charge < -0.3 is 15.3 Å². The number of fused-ring (bicyclic) bond motifs is 1. The molecule has 2 aliphatic heterocycles. The average molecular weight is 363 g/mol. The molecule has 0 saturated carbocycles. The largest absolute Gasteiger partial charge is 0.506 e. The van der Waals surface area contributed by atoms with Crippen molar-refractivity contribution >= 4 is 23.4 Å². The number of phenolic OH excluding ortho intramolecular Hbond substituents is 1. The Labute approximate surface area is 159 Å². The maximum atomic E-state index is 11.4. The molecule has 5 heteroatoms. The number of phenols is 1. The van der Waals surface area contributed by atoms with Crippen LogP contribution in [0.3, 0.4) is 0 Å². The zero-order valence-electron chi connectivity index (χ0n) is 15.4. The van der Waals surface area contributed by atoms with Crippen LogP contribution in [0, 0.1) is 0 Å². The van der Waals surface area contributed by atoms with Crippen LogP contribution in [-0.4, -0.2) is 48.6 Å². The van der Waals surface area contributed by atoms with E-state index in [-0.39, 0.29) is 5.91 Å². The van der Waals surface area contributed by atoms with Gasteiger partial charge in [0.25, 0.3) is 0 Å². The predicted molar refractivity (Wildman–Crippen MR) is 109 cm³/mol. The summed E-state index contributed by atoms with van der Waals surface area (Å²) in [4.78, 5) is 16.1. The van der Waals surface area contributed by atoms with E-state index in [0.29, 0.717) is 12.2 Å². The smallest absolute Gasteiger partial charge is 0.224 e. The Balaban J connectivity index is 1.30. The number of aryl methyl sites for hydroxylation is 1. The predicted octanol–water partition coefficient (Wildman–Crippen LogP) is 3.11. The molecule has 2 aromatic carbocycles.